The van der Waals surface area contributed by atoms with E-state index >= 15 is 0 Å². The molecule has 2 aromatic rings. The van der Waals surface area contributed by atoms with Crippen molar-refractivity contribution in [3.63, 3.8) is 0 Å². The van der Waals surface area contributed by atoms with Crippen LogP contribution in [0.5, 0.6) is 5.88 Å². The topological polar surface area (TPSA) is 136 Å². The highest BCUT2D eigenvalue weighted by atomic mass is 35.5. The van der Waals surface area contributed by atoms with Crippen LogP contribution in [-0.2, 0) is 20.3 Å². The number of pyridine rings is 1. The monoisotopic (exact) mass is 471 g/mol. The highest BCUT2D eigenvalue weighted by Gasteiger charge is 2.59. The average molecular weight is 472 g/mol. The van der Waals surface area contributed by atoms with E-state index in [-0.39, 0.29) is 28.9 Å². The zero-order valence-electron chi connectivity index (χ0n) is 16.0. The number of nitrogens with zero attached hydrogens (tertiary/aromatic N) is 3. The van der Waals surface area contributed by atoms with Crippen LogP contribution in [0.2, 0.25) is 5.02 Å². The molecule has 2 aliphatic heterocycles. The number of sulfonamides is 1. The van der Waals surface area contributed by atoms with Gasteiger partial charge >= 0.3 is 0 Å². The van der Waals surface area contributed by atoms with Crippen molar-refractivity contribution in [3.05, 3.63) is 39.0 Å². The number of guanidine groups is 1. The third kappa shape index (κ3) is 3.20. The minimum Gasteiger partial charge on any atom is -0.481 e. The van der Waals surface area contributed by atoms with E-state index in [0.717, 1.165) is 15.6 Å². The number of hydrogen-bond acceptors (Lipinski definition) is 9. The Balaban J connectivity index is 1.71. The molecule has 30 heavy (non-hydrogen) atoms. The number of fused-ring (bicyclic) bond motifs is 1. The van der Waals surface area contributed by atoms with Crippen LogP contribution < -0.4 is 15.8 Å². The zero-order chi connectivity index (χ0) is 21.7. The lowest BCUT2D eigenvalue weighted by Crippen LogP contribution is -2.55. The van der Waals surface area contributed by atoms with Crippen LogP contribution in [0.3, 0.4) is 0 Å². The molecule has 10 nitrogen and oxygen atoms in total. The van der Waals surface area contributed by atoms with E-state index in [1.807, 2.05) is 0 Å². The second-order valence-corrected chi connectivity index (χ2v) is 10.1. The lowest BCUT2D eigenvalue weighted by Gasteiger charge is -2.37. The minimum absolute atomic E-state index is 0.159. The average Bonchev–Trinajstić information content (AvgIpc) is 3.31. The number of anilines is 1. The fraction of sp³-hybridized carbons (Fsp3) is 0.353. The number of halogens is 1. The smallest absolute Gasteiger partial charge is 0.267 e. The summed E-state index contributed by atoms with van der Waals surface area (Å²) in [7, 11) is -1.11. The van der Waals surface area contributed by atoms with Crippen LogP contribution in [0.25, 0.3) is 0 Å². The number of hydrogen-bond donors (Lipinski definition) is 2. The molecular weight excluding hydrogens is 454 g/mol. The van der Waals surface area contributed by atoms with Crippen molar-refractivity contribution in [2.45, 2.75) is 17.4 Å². The number of amides is 1. The number of rotatable bonds is 4. The molecule has 0 bridgehead atoms. The van der Waals surface area contributed by atoms with Crippen LogP contribution in [0.15, 0.2) is 29.3 Å². The fourth-order valence-electron chi connectivity index (χ4n) is 3.39. The largest absolute Gasteiger partial charge is 0.481 e. The summed E-state index contributed by atoms with van der Waals surface area (Å²) >= 11 is 7.48. The normalized spacial score (nSPS) is 24.8. The molecule has 2 aromatic heterocycles. The SMILES string of the molecule is COc1cccc(NC(=O)c2cc(Cl)c([C@]34CCOC3S(=O)(=O)N(C)C(N)=N4)s2)n1. The Labute approximate surface area is 181 Å². The summed E-state index contributed by atoms with van der Waals surface area (Å²) in [4.78, 5) is 22.0. The van der Waals surface area contributed by atoms with Gasteiger partial charge in [0.2, 0.25) is 17.3 Å². The van der Waals surface area contributed by atoms with E-state index in [0.29, 0.717) is 16.6 Å². The molecule has 0 aliphatic carbocycles. The molecule has 0 radical (unpaired) electrons. The molecular formula is C17H18ClN5O5S2. The number of aromatic nitrogens is 1. The Kier molecular flexibility index (Phi) is 5.12. The molecule has 1 saturated heterocycles. The molecule has 160 valence electrons. The van der Waals surface area contributed by atoms with Crippen molar-refractivity contribution in [1.29, 1.82) is 0 Å². The van der Waals surface area contributed by atoms with Gasteiger partial charge in [-0.25, -0.2) is 17.7 Å². The number of nitrogens with two attached hydrogens (primary N) is 1. The Hall–Kier alpha value is -2.41. The Morgan fingerprint density at radius 2 is 2.27 bits per heavy atom. The molecule has 2 aliphatic rings. The lowest BCUT2D eigenvalue weighted by atomic mass is 9.97. The highest BCUT2D eigenvalue weighted by Crippen LogP contribution is 2.50. The predicted molar refractivity (Wildman–Crippen MR) is 112 cm³/mol. The third-order valence-electron chi connectivity index (χ3n) is 4.91. The number of thiophene rings is 1. The van der Waals surface area contributed by atoms with E-state index in [1.165, 1.54) is 20.2 Å². The van der Waals surface area contributed by atoms with Crippen LogP contribution >= 0.6 is 22.9 Å². The maximum atomic E-state index is 12.8. The molecule has 0 aromatic carbocycles. The number of methoxy groups -OCH3 is 1. The fourth-order valence-corrected chi connectivity index (χ4v) is 6.68. The van der Waals surface area contributed by atoms with Gasteiger partial charge in [-0.2, -0.15) is 4.98 Å². The third-order valence-corrected chi connectivity index (χ3v) is 8.64. The van der Waals surface area contributed by atoms with Crippen LogP contribution in [-0.4, -0.2) is 55.8 Å². The summed E-state index contributed by atoms with van der Waals surface area (Å²) in [5.41, 5.74) is 3.31. The molecule has 1 amide bonds. The second kappa shape index (κ2) is 7.38. The van der Waals surface area contributed by atoms with Crippen LogP contribution in [0.4, 0.5) is 5.82 Å². The summed E-state index contributed by atoms with van der Waals surface area (Å²) in [6, 6.07) is 6.43. The van der Waals surface area contributed by atoms with Crippen molar-refractivity contribution in [2.24, 2.45) is 10.7 Å². The van der Waals surface area contributed by atoms with Crippen molar-refractivity contribution >= 4 is 50.6 Å². The van der Waals surface area contributed by atoms with Gasteiger partial charge < -0.3 is 20.5 Å². The van der Waals surface area contributed by atoms with Gasteiger partial charge in [-0.1, -0.05) is 17.7 Å². The summed E-state index contributed by atoms with van der Waals surface area (Å²) in [6.07, 6.45) is 0.268. The number of nitrogens with one attached hydrogen (secondary N) is 1. The quantitative estimate of drug-likeness (QED) is 0.690. The molecule has 1 unspecified atom stereocenters. The van der Waals surface area contributed by atoms with E-state index in [2.05, 4.69) is 15.3 Å². The van der Waals surface area contributed by atoms with Gasteiger partial charge in [0.25, 0.3) is 15.9 Å². The molecule has 0 saturated carbocycles. The summed E-state index contributed by atoms with van der Waals surface area (Å²) in [5, 5.41) is 2.89. The Bertz CT molecular complexity index is 1150. The maximum absolute atomic E-state index is 12.8. The molecule has 0 spiro atoms. The molecule has 4 rings (SSSR count). The summed E-state index contributed by atoms with van der Waals surface area (Å²) in [6.45, 7) is 0.165. The van der Waals surface area contributed by atoms with E-state index < -0.39 is 26.9 Å². The van der Waals surface area contributed by atoms with Gasteiger partial charge in [-0.3, -0.25) is 4.79 Å². The van der Waals surface area contributed by atoms with Gasteiger partial charge in [0.05, 0.1) is 28.5 Å². The summed E-state index contributed by atoms with van der Waals surface area (Å²) in [5.74, 6) is 0.0416. The minimum atomic E-state index is -3.90. The first kappa shape index (κ1) is 20.8. The predicted octanol–water partition coefficient (Wildman–Crippen LogP) is 1.59. The van der Waals surface area contributed by atoms with Crippen molar-refractivity contribution in [2.75, 3.05) is 26.1 Å². The second-order valence-electron chi connectivity index (χ2n) is 6.67. The maximum Gasteiger partial charge on any atom is 0.267 e. The highest BCUT2D eigenvalue weighted by molar-refractivity contribution is 7.90. The van der Waals surface area contributed by atoms with Crippen LogP contribution in [0, 0.1) is 0 Å². The number of aliphatic imine (C=N–C) groups is 1. The van der Waals surface area contributed by atoms with E-state index in [4.69, 9.17) is 26.8 Å². The Morgan fingerprint density at radius 3 is 3.00 bits per heavy atom. The molecule has 2 atom stereocenters. The van der Waals surface area contributed by atoms with Gasteiger partial charge in [0, 0.05) is 19.5 Å². The van der Waals surface area contributed by atoms with E-state index in [9.17, 15) is 13.2 Å². The first-order chi connectivity index (χ1) is 14.2. The summed E-state index contributed by atoms with van der Waals surface area (Å²) < 4.78 is 37.1. The standard InChI is InChI=1S/C17H18ClN5O5S2/c1-23-16(19)22-17(6-7-28-15(17)30(23,25)26)13-9(18)8-10(29-13)14(24)21-11-4-3-5-12(20-11)27-2/h3-5,8,15H,6-7H2,1-2H3,(H2,19,22)(H,20,21,24)/t15?,17-/m1/s1. The first-order valence-corrected chi connectivity index (χ1v) is 11.5. The zero-order valence-corrected chi connectivity index (χ0v) is 18.3. The molecule has 1 fully saturated rings. The number of ether oxygens (including phenoxy) is 2. The van der Waals surface area contributed by atoms with Crippen molar-refractivity contribution in [3.8, 4) is 5.88 Å². The molecule has 4 heterocycles. The van der Waals surface area contributed by atoms with Gasteiger partial charge in [-0.05, 0) is 12.1 Å². The first-order valence-electron chi connectivity index (χ1n) is 8.76. The number of carbonyl (C=O) groups is 1. The molecule has 3 N–H and O–H groups in total. The van der Waals surface area contributed by atoms with Crippen LogP contribution in [0.1, 0.15) is 21.0 Å². The van der Waals surface area contributed by atoms with Gasteiger partial charge in [0.15, 0.2) is 0 Å². The molecule has 13 heteroatoms. The number of carbonyl (C=O) groups excluding carboxylic acids is 1. The van der Waals surface area contributed by atoms with E-state index in [1.54, 1.807) is 18.2 Å². The van der Waals surface area contributed by atoms with Gasteiger partial charge in [-0.15, -0.1) is 11.3 Å². The Morgan fingerprint density at radius 1 is 1.50 bits per heavy atom. The van der Waals surface area contributed by atoms with Gasteiger partial charge in [0.1, 0.15) is 11.4 Å². The van der Waals surface area contributed by atoms with Crippen molar-refractivity contribution < 1.29 is 22.7 Å². The van der Waals surface area contributed by atoms with Crippen molar-refractivity contribution in [1.82, 2.24) is 9.29 Å². The lowest BCUT2D eigenvalue weighted by molar-refractivity contribution is 0.103.